The quantitative estimate of drug-likeness (QED) is 0.721. The molecule has 0 aromatic heterocycles. The van der Waals surface area contributed by atoms with E-state index in [2.05, 4.69) is 0 Å². The fourth-order valence-corrected chi connectivity index (χ4v) is 2.92. The monoisotopic (exact) mass is 387 g/mol. The zero-order valence-corrected chi connectivity index (χ0v) is 15.2. The summed E-state index contributed by atoms with van der Waals surface area (Å²) >= 11 is 12.0. The van der Waals surface area contributed by atoms with Gasteiger partial charge in [0, 0.05) is 11.6 Å². The normalized spacial score (nSPS) is 17.1. The number of carbonyl (C=O) groups is 3. The molecule has 7 nitrogen and oxygen atoms in total. The van der Waals surface area contributed by atoms with Crippen LogP contribution < -0.4 is 4.90 Å². The van der Waals surface area contributed by atoms with Gasteiger partial charge in [-0.05, 0) is 25.1 Å². The van der Waals surface area contributed by atoms with Crippen molar-refractivity contribution in [2.75, 3.05) is 25.7 Å². The number of hydrogen-bond donors (Lipinski definition) is 0. The third-order valence-electron chi connectivity index (χ3n) is 3.45. The fourth-order valence-electron chi connectivity index (χ4n) is 2.43. The molecule has 25 heavy (non-hydrogen) atoms. The van der Waals surface area contributed by atoms with Crippen molar-refractivity contribution in [3.8, 4) is 0 Å². The summed E-state index contributed by atoms with van der Waals surface area (Å²) in [6.07, 6.45) is -1.31. The summed E-state index contributed by atoms with van der Waals surface area (Å²) in [5.74, 6) is -2.44. The van der Waals surface area contributed by atoms with Crippen molar-refractivity contribution < 1.29 is 28.6 Å². The van der Waals surface area contributed by atoms with E-state index >= 15 is 0 Å². The molecule has 0 aliphatic carbocycles. The van der Waals surface area contributed by atoms with Crippen LogP contribution in [0.3, 0.4) is 0 Å². The third-order valence-corrected chi connectivity index (χ3v) is 3.99. The van der Waals surface area contributed by atoms with Crippen LogP contribution in [0, 0.1) is 0 Å². The van der Waals surface area contributed by atoms with E-state index in [1.54, 1.807) is 6.92 Å². The van der Waals surface area contributed by atoms with E-state index in [9.17, 15) is 14.4 Å². The van der Waals surface area contributed by atoms with Gasteiger partial charge in [0.1, 0.15) is 11.3 Å². The summed E-state index contributed by atoms with van der Waals surface area (Å²) in [6.45, 7) is 1.78. The fraction of sp³-hybridized carbons (Fsp3) is 0.312. The number of carbonyl (C=O) groups excluding carboxylic acids is 3. The highest BCUT2D eigenvalue weighted by atomic mass is 35.5. The van der Waals surface area contributed by atoms with Crippen LogP contribution in [0.25, 0.3) is 0 Å². The van der Waals surface area contributed by atoms with E-state index in [-0.39, 0.29) is 28.6 Å². The Hall–Kier alpha value is -2.09. The Morgan fingerprint density at radius 3 is 2.32 bits per heavy atom. The summed E-state index contributed by atoms with van der Waals surface area (Å²) < 4.78 is 14.8. The Labute approximate surface area is 154 Å². The second kappa shape index (κ2) is 7.86. The van der Waals surface area contributed by atoms with Gasteiger partial charge in [0.25, 0.3) is 5.91 Å². The summed E-state index contributed by atoms with van der Waals surface area (Å²) in [6, 6.07) is 4.36. The molecule has 0 spiro atoms. The summed E-state index contributed by atoms with van der Waals surface area (Å²) in [7, 11) is 2.26. The molecule has 1 aromatic rings. The third kappa shape index (κ3) is 3.49. The molecule has 1 heterocycles. The lowest BCUT2D eigenvalue weighted by atomic mass is 10.1. The van der Waals surface area contributed by atoms with Crippen LogP contribution in [0.4, 0.5) is 5.69 Å². The molecule has 2 rings (SSSR count). The number of esters is 2. The predicted octanol–water partition coefficient (Wildman–Crippen LogP) is 2.35. The van der Waals surface area contributed by atoms with Crippen molar-refractivity contribution >= 4 is 46.7 Å². The lowest BCUT2D eigenvalue weighted by molar-refractivity contribution is -0.140. The first-order chi connectivity index (χ1) is 11.9. The molecular weight excluding hydrogens is 373 g/mol. The summed E-state index contributed by atoms with van der Waals surface area (Å²) in [5, 5.41) is 0.460. The molecule has 134 valence electrons. The van der Waals surface area contributed by atoms with Crippen LogP contribution in [-0.4, -0.2) is 44.8 Å². The lowest BCUT2D eigenvalue weighted by Gasteiger charge is -2.21. The van der Waals surface area contributed by atoms with Gasteiger partial charge >= 0.3 is 11.9 Å². The molecule has 1 unspecified atom stereocenters. The molecule has 0 N–H and O–H groups in total. The first kappa shape index (κ1) is 19.2. The highest BCUT2D eigenvalue weighted by Crippen LogP contribution is 2.38. The molecule has 0 bridgehead atoms. The standard InChI is InChI=1S/C16H15Cl2NO6/c1-4-25-13-11(15(21)23-2)12(16(22)24-3)19(14(13)20)10-6-5-8(17)7-9(10)18/h5-7,13H,4H2,1-3H3. The Bertz CT molecular complexity index is 761. The van der Waals surface area contributed by atoms with Crippen LogP contribution in [0.1, 0.15) is 6.92 Å². The van der Waals surface area contributed by atoms with Crippen molar-refractivity contribution in [1.29, 1.82) is 0 Å². The van der Waals surface area contributed by atoms with Gasteiger partial charge < -0.3 is 14.2 Å². The summed E-state index contributed by atoms with van der Waals surface area (Å²) in [4.78, 5) is 38.3. The van der Waals surface area contributed by atoms with Crippen LogP contribution in [0.2, 0.25) is 10.0 Å². The van der Waals surface area contributed by atoms with Crippen molar-refractivity contribution in [2.24, 2.45) is 0 Å². The maximum atomic E-state index is 12.8. The van der Waals surface area contributed by atoms with Gasteiger partial charge in [0.05, 0.1) is 24.9 Å². The highest BCUT2D eigenvalue weighted by Gasteiger charge is 2.48. The van der Waals surface area contributed by atoms with Crippen molar-refractivity contribution in [3.63, 3.8) is 0 Å². The molecule has 0 saturated heterocycles. The van der Waals surface area contributed by atoms with Gasteiger partial charge in [-0.1, -0.05) is 23.2 Å². The van der Waals surface area contributed by atoms with Crippen LogP contribution in [-0.2, 0) is 28.6 Å². The maximum absolute atomic E-state index is 12.8. The number of anilines is 1. The topological polar surface area (TPSA) is 82.1 Å². The minimum Gasteiger partial charge on any atom is -0.466 e. The zero-order valence-electron chi connectivity index (χ0n) is 13.7. The number of nitrogens with zero attached hydrogens (tertiary/aromatic N) is 1. The van der Waals surface area contributed by atoms with Crippen molar-refractivity contribution in [2.45, 2.75) is 13.0 Å². The number of halogens is 2. The van der Waals surface area contributed by atoms with E-state index in [0.29, 0.717) is 5.02 Å². The largest absolute Gasteiger partial charge is 0.466 e. The van der Waals surface area contributed by atoms with E-state index in [0.717, 1.165) is 19.1 Å². The van der Waals surface area contributed by atoms with E-state index in [1.165, 1.54) is 18.2 Å². The molecule has 1 atom stereocenters. The second-order valence-corrected chi connectivity index (χ2v) is 5.69. The minimum absolute atomic E-state index is 0.114. The van der Waals surface area contributed by atoms with Gasteiger partial charge in [0.15, 0.2) is 6.10 Å². The molecular formula is C16H15Cl2NO6. The highest BCUT2D eigenvalue weighted by molar-refractivity contribution is 6.37. The number of ether oxygens (including phenoxy) is 3. The van der Waals surface area contributed by atoms with Gasteiger partial charge in [-0.15, -0.1) is 0 Å². The van der Waals surface area contributed by atoms with E-state index in [4.69, 9.17) is 37.4 Å². The maximum Gasteiger partial charge on any atom is 0.355 e. The van der Waals surface area contributed by atoms with Crippen LogP contribution in [0.15, 0.2) is 29.5 Å². The zero-order chi connectivity index (χ0) is 18.7. The van der Waals surface area contributed by atoms with Crippen molar-refractivity contribution in [3.05, 3.63) is 39.5 Å². The first-order valence-electron chi connectivity index (χ1n) is 7.18. The van der Waals surface area contributed by atoms with Crippen LogP contribution in [0.5, 0.6) is 0 Å². The number of rotatable bonds is 5. The predicted molar refractivity (Wildman–Crippen MR) is 90.4 cm³/mol. The Kier molecular flexibility index (Phi) is 6.05. The van der Waals surface area contributed by atoms with Gasteiger partial charge in [0.2, 0.25) is 0 Å². The number of methoxy groups -OCH3 is 2. The molecule has 0 radical (unpaired) electrons. The minimum atomic E-state index is -1.31. The molecule has 1 amide bonds. The number of amides is 1. The first-order valence-corrected chi connectivity index (χ1v) is 7.94. The Balaban J connectivity index is 2.71. The molecule has 9 heteroatoms. The Morgan fingerprint density at radius 2 is 1.80 bits per heavy atom. The van der Waals surface area contributed by atoms with E-state index in [1.807, 2.05) is 0 Å². The van der Waals surface area contributed by atoms with Crippen molar-refractivity contribution in [1.82, 2.24) is 0 Å². The van der Waals surface area contributed by atoms with Gasteiger partial charge in [-0.25, -0.2) is 9.59 Å². The van der Waals surface area contributed by atoms with Crippen LogP contribution >= 0.6 is 23.2 Å². The average molecular weight is 388 g/mol. The van der Waals surface area contributed by atoms with E-state index < -0.39 is 23.9 Å². The summed E-state index contributed by atoms with van der Waals surface area (Å²) in [5.41, 5.74) is -0.380. The molecule has 1 aromatic carbocycles. The molecule has 0 saturated carbocycles. The van der Waals surface area contributed by atoms with Gasteiger partial charge in [-0.2, -0.15) is 0 Å². The molecule has 1 aliphatic heterocycles. The number of hydrogen-bond acceptors (Lipinski definition) is 6. The molecule has 0 fully saturated rings. The number of benzene rings is 1. The Morgan fingerprint density at radius 1 is 1.16 bits per heavy atom. The molecule has 1 aliphatic rings. The van der Waals surface area contributed by atoms with Gasteiger partial charge in [-0.3, -0.25) is 9.69 Å². The lowest BCUT2D eigenvalue weighted by Crippen LogP contribution is -2.35. The SMILES string of the molecule is CCOC1C(=O)N(c2ccc(Cl)cc2Cl)C(C(=O)OC)=C1C(=O)OC. The smallest absolute Gasteiger partial charge is 0.355 e. The second-order valence-electron chi connectivity index (χ2n) is 4.85. The average Bonchev–Trinajstić information content (AvgIpc) is 2.87.